The first-order chi connectivity index (χ1) is 10.5. The molecule has 2 amide bonds. The number of ether oxygens (including phenoxy) is 2. The maximum absolute atomic E-state index is 11.9. The van der Waals surface area contributed by atoms with Gasteiger partial charge in [-0.05, 0) is 24.6 Å². The Morgan fingerprint density at radius 3 is 2.55 bits per heavy atom. The van der Waals surface area contributed by atoms with Crippen molar-refractivity contribution in [2.45, 2.75) is 13.3 Å². The van der Waals surface area contributed by atoms with Gasteiger partial charge in [-0.15, -0.1) is 0 Å². The lowest BCUT2D eigenvalue weighted by atomic mass is 10.2. The molecule has 0 aliphatic rings. The average molecular weight is 308 g/mol. The van der Waals surface area contributed by atoms with Gasteiger partial charge in [0.05, 0.1) is 0 Å². The van der Waals surface area contributed by atoms with Crippen LogP contribution in [0.3, 0.4) is 0 Å². The van der Waals surface area contributed by atoms with Crippen LogP contribution >= 0.6 is 0 Å². The molecule has 0 fully saturated rings. The number of carbonyl (C=O) groups excluding carboxylic acids is 3. The summed E-state index contributed by atoms with van der Waals surface area (Å²) in [4.78, 5) is 33.9. The molecule has 0 saturated heterocycles. The van der Waals surface area contributed by atoms with Gasteiger partial charge in [0, 0.05) is 32.7 Å². The van der Waals surface area contributed by atoms with E-state index >= 15 is 0 Å². The number of nitrogens with one attached hydrogen (secondary N) is 2. The molecule has 1 rings (SSSR count). The smallest absolute Gasteiger partial charge is 0.308 e. The third kappa shape index (κ3) is 6.85. The zero-order valence-corrected chi connectivity index (χ0v) is 12.7. The maximum Gasteiger partial charge on any atom is 0.308 e. The SMILES string of the molecule is COCC(=O)NCCCNC(=O)c1cccc(OC(C)=O)c1. The van der Waals surface area contributed by atoms with Crippen molar-refractivity contribution in [2.75, 3.05) is 26.8 Å². The second-order valence-electron chi connectivity index (χ2n) is 4.51. The van der Waals surface area contributed by atoms with Crippen molar-refractivity contribution >= 4 is 17.8 Å². The zero-order chi connectivity index (χ0) is 16.4. The molecule has 22 heavy (non-hydrogen) atoms. The van der Waals surface area contributed by atoms with Crippen LogP contribution in [0, 0.1) is 0 Å². The summed E-state index contributed by atoms with van der Waals surface area (Å²) in [6.07, 6.45) is 0.602. The molecule has 0 aliphatic carbocycles. The Labute approximate surface area is 129 Å². The first kappa shape index (κ1) is 17.6. The van der Waals surface area contributed by atoms with Gasteiger partial charge in [0.15, 0.2) is 0 Å². The lowest BCUT2D eigenvalue weighted by molar-refractivity contribution is -0.132. The van der Waals surface area contributed by atoms with Crippen molar-refractivity contribution in [2.24, 2.45) is 0 Å². The van der Waals surface area contributed by atoms with E-state index in [0.717, 1.165) is 0 Å². The average Bonchev–Trinajstić information content (AvgIpc) is 2.46. The van der Waals surface area contributed by atoms with Crippen molar-refractivity contribution in [1.82, 2.24) is 10.6 Å². The van der Waals surface area contributed by atoms with Crippen molar-refractivity contribution in [1.29, 1.82) is 0 Å². The number of benzene rings is 1. The first-order valence-electron chi connectivity index (χ1n) is 6.85. The van der Waals surface area contributed by atoms with Crippen LogP contribution < -0.4 is 15.4 Å². The Hall–Kier alpha value is -2.41. The molecule has 0 saturated carbocycles. The number of hydrogen-bond donors (Lipinski definition) is 2. The zero-order valence-electron chi connectivity index (χ0n) is 12.7. The van der Waals surface area contributed by atoms with Crippen LogP contribution in [0.15, 0.2) is 24.3 Å². The second-order valence-corrected chi connectivity index (χ2v) is 4.51. The van der Waals surface area contributed by atoms with Gasteiger partial charge in [-0.2, -0.15) is 0 Å². The van der Waals surface area contributed by atoms with Gasteiger partial charge in [-0.3, -0.25) is 14.4 Å². The van der Waals surface area contributed by atoms with Crippen molar-refractivity contribution < 1.29 is 23.9 Å². The van der Waals surface area contributed by atoms with E-state index in [9.17, 15) is 14.4 Å². The highest BCUT2D eigenvalue weighted by Gasteiger charge is 2.07. The molecule has 2 N–H and O–H groups in total. The first-order valence-corrected chi connectivity index (χ1v) is 6.85. The quantitative estimate of drug-likeness (QED) is 0.414. The van der Waals surface area contributed by atoms with E-state index < -0.39 is 5.97 Å². The minimum atomic E-state index is -0.440. The molecule has 0 radical (unpaired) electrons. The monoisotopic (exact) mass is 308 g/mol. The molecule has 0 unspecified atom stereocenters. The molecule has 0 bridgehead atoms. The number of amides is 2. The summed E-state index contributed by atoms with van der Waals surface area (Å²) in [6, 6.07) is 6.36. The van der Waals surface area contributed by atoms with Gasteiger partial charge >= 0.3 is 5.97 Å². The van der Waals surface area contributed by atoms with Gasteiger partial charge in [0.1, 0.15) is 12.4 Å². The van der Waals surface area contributed by atoms with Crippen molar-refractivity contribution in [3.63, 3.8) is 0 Å². The standard InChI is InChI=1S/C15H20N2O5/c1-11(18)22-13-6-3-5-12(9-13)15(20)17-8-4-7-16-14(19)10-21-2/h3,5-6,9H,4,7-8,10H2,1-2H3,(H,16,19)(H,17,20). The number of carbonyl (C=O) groups is 3. The largest absolute Gasteiger partial charge is 0.427 e. The molecule has 7 nitrogen and oxygen atoms in total. The Kier molecular flexibility index (Phi) is 7.63. The summed E-state index contributed by atoms with van der Waals surface area (Å²) >= 11 is 0. The van der Waals surface area contributed by atoms with Crippen molar-refractivity contribution in [3.05, 3.63) is 29.8 Å². The minimum Gasteiger partial charge on any atom is -0.427 e. The molecular formula is C15H20N2O5. The highest BCUT2D eigenvalue weighted by molar-refractivity contribution is 5.94. The Morgan fingerprint density at radius 1 is 1.14 bits per heavy atom. The van der Waals surface area contributed by atoms with E-state index in [1.165, 1.54) is 20.1 Å². The molecule has 1 aromatic rings. The maximum atomic E-state index is 11.9. The summed E-state index contributed by atoms with van der Waals surface area (Å²) in [5, 5.41) is 5.38. The summed E-state index contributed by atoms with van der Waals surface area (Å²) in [5.74, 6) is -0.573. The highest BCUT2D eigenvalue weighted by atomic mass is 16.5. The molecule has 0 heterocycles. The van der Waals surface area contributed by atoms with Crippen LogP contribution in [-0.4, -0.2) is 44.6 Å². The molecular weight excluding hydrogens is 288 g/mol. The summed E-state index contributed by atoms with van der Waals surface area (Å²) < 4.78 is 9.60. The fourth-order valence-corrected chi connectivity index (χ4v) is 1.67. The Bertz CT molecular complexity index is 530. The van der Waals surface area contributed by atoms with Crippen LogP contribution in [0.4, 0.5) is 0 Å². The second kappa shape index (κ2) is 9.51. The van der Waals surface area contributed by atoms with E-state index in [-0.39, 0.29) is 18.4 Å². The van der Waals surface area contributed by atoms with Gasteiger partial charge in [-0.25, -0.2) is 0 Å². The summed E-state index contributed by atoms with van der Waals surface area (Å²) in [5.41, 5.74) is 0.405. The molecule has 1 aromatic carbocycles. The molecule has 7 heteroatoms. The van der Waals surface area contributed by atoms with Crippen LogP contribution in [0.5, 0.6) is 5.75 Å². The van der Waals surface area contributed by atoms with Crippen LogP contribution in [0.25, 0.3) is 0 Å². The van der Waals surface area contributed by atoms with Crippen molar-refractivity contribution in [3.8, 4) is 5.75 Å². The molecule has 120 valence electrons. The van der Waals surface area contributed by atoms with E-state index in [0.29, 0.717) is 30.8 Å². The fourth-order valence-electron chi connectivity index (χ4n) is 1.67. The topological polar surface area (TPSA) is 93.7 Å². The normalized spacial score (nSPS) is 9.91. The molecule has 0 atom stereocenters. The molecule has 0 aromatic heterocycles. The van der Waals surface area contributed by atoms with E-state index in [4.69, 9.17) is 4.74 Å². The van der Waals surface area contributed by atoms with E-state index in [2.05, 4.69) is 15.4 Å². The predicted molar refractivity (Wildman–Crippen MR) is 79.6 cm³/mol. The lowest BCUT2D eigenvalue weighted by Gasteiger charge is -2.07. The third-order valence-corrected chi connectivity index (χ3v) is 2.59. The number of methoxy groups -OCH3 is 1. The van der Waals surface area contributed by atoms with Gasteiger partial charge in [0.25, 0.3) is 5.91 Å². The number of rotatable bonds is 8. The number of hydrogen-bond acceptors (Lipinski definition) is 5. The van der Waals surface area contributed by atoms with Gasteiger partial charge < -0.3 is 20.1 Å². The predicted octanol–water partition coefficient (Wildman–Crippen LogP) is 0.494. The fraction of sp³-hybridized carbons (Fsp3) is 0.400. The van der Waals surface area contributed by atoms with Crippen LogP contribution in [0.1, 0.15) is 23.7 Å². The van der Waals surface area contributed by atoms with Crippen LogP contribution in [-0.2, 0) is 14.3 Å². The van der Waals surface area contributed by atoms with Gasteiger partial charge in [0.2, 0.25) is 5.91 Å². The minimum absolute atomic E-state index is 0.0231. The lowest BCUT2D eigenvalue weighted by Crippen LogP contribution is -2.31. The van der Waals surface area contributed by atoms with Gasteiger partial charge in [-0.1, -0.05) is 6.07 Å². The molecule has 0 spiro atoms. The van der Waals surface area contributed by atoms with E-state index in [1.807, 2.05) is 0 Å². The Balaban J connectivity index is 2.33. The third-order valence-electron chi connectivity index (χ3n) is 2.59. The summed E-state index contributed by atoms with van der Waals surface area (Å²) in [6.45, 7) is 2.19. The van der Waals surface area contributed by atoms with E-state index in [1.54, 1.807) is 18.2 Å². The molecule has 0 aliphatic heterocycles. The highest BCUT2D eigenvalue weighted by Crippen LogP contribution is 2.13. The van der Waals surface area contributed by atoms with Crippen LogP contribution in [0.2, 0.25) is 0 Å². The number of esters is 1. The Morgan fingerprint density at radius 2 is 1.86 bits per heavy atom. The summed E-state index contributed by atoms with van der Waals surface area (Å²) in [7, 11) is 1.45.